The van der Waals surface area contributed by atoms with Crippen molar-refractivity contribution in [3.8, 4) is 11.5 Å². The number of nitrogens with zero attached hydrogens (tertiary/aromatic N) is 1. The maximum absolute atomic E-state index is 12.8. The number of carbonyl (C=O) groups excluding carboxylic acids is 2. The number of methoxy groups -OCH3 is 2. The van der Waals surface area contributed by atoms with Gasteiger partial charge < -0.3 is 25.0 Å². The van der Waals surface area contributed by atoms with Crippen LogP contribution in [0.5, 0.6) is 11.5 Å². The summed E-state index contributed by atoms with van der Waals surface area (Å²) < 4.78 is 10.9. The fourth-order valence-electron chi connectivity index (χ4n) is 3.71. The highest BCUT2D eigenvalue weighted by Gasteiger charge is 2.32. The van der Waals surface area contributed by atoms with E-state index in [-0.39, 0.29) is 18.0 Å². The second kappa shape index (κ2) is 10.0. The minimum absolute atomic E-state index is 0.128. The summed E-state index contributed by atoms with van der Waals surface area (Å²) in [6.45, 7) is 3.48. The van der Waals surface area contributed by atoms with E-state index in [1.54, 1.807) is 31.3 Å². The molecule has 7 nitrogen and oxygen atoms in total. The molecule has 0 radical (unpaired) electrons. The van der Waals surface area contributed by atoms with Crippen LogP contribution in [0.3, 0.4) is 0 Å². The monoisotopic (exact) mass is 411 g/mol. The van der Waals surface area contributed by atoms with Gasteiger partial charge in [0.05, 0.1) is 20.3 Å². The van der Waals surface area contributed by atoms with Gasteiger partial charge in [-0.2, -0.15) is 0 Å². The van der Waals surface area contributed by atoms with Crippen molar-refractivity contribution < 1.29 is 19.1 Å². The molecule has 0 spiro atoms. The van der Waals surface area contributed by atoms with E-state index in [1.807, 2.05) is 37.3 Å². The van der Waals surface area contributed by atoms with Gasteiger partial charge in [-0.1, -0.05) is 25.1 Å². The predicted molar refractivity (Wildman–Crippen MR) is 115 cm³/mol. The maximum Gasteiger partial charge on any atom is 0.317 e. The maximum atomic E-state index is 12.8. The summed E-state index contributed by atoms with van der Waals surface area (Å²) in [5, 5.41) is 5.94. The van der Waals surface area contributed by atoms with Gasteiger partial charge in [0.1, 0.15) is 0 Å². The fraction of sp³-hybridized carbons (Fsp3) is 0.391. The molecule has 0 saturated heterocycles. The van der Waals surface area contributed by atoms with E-state index in [0.717, 1.165) is 17.5 Å². The van der Waals surface area contributed by atoms with Crippen LogP contribution >= 0.6 is 0 Å². The molecule has 0 bridgehead atoms. The van der Waals surface area contributed by atoms with Gasteiger partial charge in [0.25, 0.3) is 5.91 Å². The van der Waals surface area contributed by atoms with Crippen LogP contribution < -0.4 is 20.1 Å². The van der Waals surface area contributed by atoms with Crippen LogP contribution in [0.15, 0.2) is 42.5 Å². The Morgan fingerprint density at radius 2 is 1.77 bits per heavy atom. The summed E-state index contributed by atoms with van der Waals surface area (Å²) in [5.74, 6) is 1.09. The summed E-state index contributed by atoms with van der Waals surface area (Å²) in [5.41, 5.74) is 2.63. The minimum Gasteiger partial charge on any atom is -0.493 e. The van der Waals surface area contributed by atoms with Crippen LogP contribution in [0.4, 0.5) is 4.79 Å². The Bertz CT molecular complexity index is 886. The van der Waals surface area contributed by atoms with Gasteiger partial charge in [0.15, 0.2) is 11.5 Å². The van der Waals surface area contributed by atoms with Crippen LogP contribution in [-0.4, -0.2) is 50.7 Å². The number of ether oxygens (including phenoxy) is 2. The lowest BCUT2D eigenvalue weighted by Gasteiger charge is -2.38. The van der Waals surface area contributed by atoms with Gasteiger partial charge in [-0.05, 0) is 48.2 Å². The van der Waals surface area contributed by atoms with E-state index in [2.05, 4.69) is 10.6 Å². The summed E-state index contributed by atoms with van der Waals surface area (Å²) in [6, 6.07) is 12.5. The third kappa shape index (κ3) is 4.67. The van der Waals surface area contributed by atoms with Crippen LogP contribution in [0.1, 0.15) is 40.9 Å². The fourth-order valence-corrected chi connectivity index (χ4v) is 3.71. The molecule has 0 aliphatic carbocycles. The van der Waals surface area contributed by atoms with Crippen molar-refractivity contribution in [3.05, 3.63) is 59.2 Å². The van der Waals surface area contributed by atoms with Gasteiger partial charge in [0.2, 0.25) is 0 Å². The second-order valence-corrected chi connectivity index (χ2v) is 7.17. The Morgan fingerprint density at radius 3 is 2.43 bits per heavy atom. The number of benzene rings is 2. The number of nitrogens with one attached hydrogen (secondary N) is 2. The van der Waals surface area contributed by atoms with Gasteiger partial charge in [-0.3, -0.25) is 4.79 Å². The molecule has 1 aliphatic heterocycles. The molecule has 2 aromatic rings. The normalized spacial score (nSPS) is 15.2. The average Bonchev–Trinajstić information content (AvgIpc) is 2.80. The average molecular weight is 412 g/mol. The lowest BCUT2D eigenvalue weighted by Crippen LogP contribution is -2.49. The van der Waals surface area contributed by atoms with Gasteiger partial charge in [0, 0.05) is 25.2 Å². The Hall–Kier alpha value is -3.22. The summed E-state index contributed by atoms with van der Waals surface area (Å²) >= 11 is 0. The molecular formula is C23H29N3O4. The number of amides is 3. The van der Waals surface area contributed by atoms with Crippen molar-refractivity contribution in [2.24, 2.45) is 0 Å². The highest BCUT2D eigenvalue weighted by Crippen LogP contribution is 2.38. The highest BCUT2D eigenvalue weighted by atomic mass is 16.5. The van der Waals surface area contributed by atoms with E-state index in [4.69, 9.17) is 9.47 Å². The number of carbonyl (C=O) groups is 2. The van der Waals surface area contributed by atoms with E-state index >= 15 is 0 Å². The SMILES string of the molecule is CCCNC(=O)N1CCc2cc(OC)c(OC)cc2[C@H]1CNC(=O)c1ccccc1. The van der Waals surface area contributed by atoms with Crippen molar-refractivity contribution in [1.29, 1.82) is 0 Å². The summed E-state index contributed by atoms with van der Waals surface area (Å²) in [6.07, 6.45) is 1.56. The molecule has 160 valence electrons. The second-order valence-electron chi connectivity index (χ2n) is 7.17. The molecule has 0 fully saturated rings. The molecule has 30 heavy (non-hydrogen) atoms. The van der Waals surface area contributed by atoms with Crippen LogP contribution in [0.25, 0.3) is 0 Å². The van der Waals surface area contributed by atoms with Gasteiger partial charge in [-0.25, -0.2) is 4.79 Å². The van der Waals surface area contributed by atoms with Gasteiger partial charge >= 0.3 is 6.03 Å². The molecule has 0 aromatic heterocycles. The number of hydrogen-bond acceptors (Lipinski definition) is 4. The predicted octanol–water partition coefficient (Wildman–Crippen LogP) is 3.15. The van der Waals surface area contributed by atoms with Crippen molar-refractivity contribution >= 4 is 11.9 Å². The van der Waals surface area contributed by atoms with Crippen LogP contribution in [0.2, 0.25) is 0 Å². The molecule has 3 amide bonds. The Morgan fingerprint density at radius 1 is 1.07 bits per heavy atom. The van der Waals surface area contributed by atoms with Crippen molar-refractivity contribution in [2.75, 3.05) is 33.9 Å². The lowest BCUT2D eigenvalue weighted by atomic mass is 9.91. The first-order valence-electron chi connectivity index (χ1n) is 10.2. The van der Waals surface area contributed by atoms with Crippen molar-refractivity contribution in [2.45, 2.75) is 25.8 Å². The first-order chi connectivity index (χ1) is 14.6. The molecule has 3 rings (SSSR count). The zero-order valence-corrected chi connectivity index (χ0v) is 17.7. The first kappa shape index (κ1) is 21.5. The van der Waals surface area contributed by atoms with E-state index in [0.29, 0.717) is 43.1 Å². The minimum atomic E-state index is -0.307. The van der Waals surface area contributed by atoms with Crippen LogP contribution in [0, 0.1) is 0 Å². The van der Waals surface area contributed by atoms with Crippen LogP contribution in [-0.2, 0) is 6.42 Å². The summed E-state index contributed by atoms with van der Waals surface area (Å²) in [4.78, 5) is 27.2. The molecular weight excluding hydrogens is 382 g/mol. The highest BCUT2D eigenvalue weighted by molar-refractivity contribution is 5.94. The lowest BCUT2D eigenvalue weighted by molar-refractivity contribution is 0.0934. The number of urea groups is 1. The molecule has 7 heteroatoms. The zero-order valence-electron chi connectivity index (χ0n) is 17.7. The Kier molecular flexibility index (Phi) is 7.17. The summed E-state index contributed by atoms with van der Waals surface area (Å²) in [7, 11) is 3.19. The molecule has 0 saturated carbocycles. The first-order valence-corrected chi connectivity index (χ1v) is 10.2. The quantitative estimate of drug-likeness (QED) is 0.734. The van der Waals surface area contributed by atoms with Crippen molar-refractivity contribution in [3.63, 3.8) is 0 Å². The number of hydrogen-bond donors (Lipinski definition) is 2. The standard InChI is InChI=1S/C23H29N3O4/c1-4-11-24-23(28)26-12-10-17-13-20(29-2)21(30-3)14-18(17)19(26)15-25-22(27)16-8-6-5-7-9-16/h5-9,13-14,19H,4,10-12,15H2,1-3H3,(H,24,28)(H,25,27)/t19-/m1/s1. The Balaban J connectivity index is 1.89. The number of rotatable bonds is 7. The van der Waals surface area contributed by atoms with E-state index < -0.39 is 0 Å². The third-order valence-electron chi connectivity index (χ3n) is 5.28. The van der Waals surface area contributed by atoms with E-state index in [1.165, 1.54) is 0 Å². The molecule has 0 unspecified atom stereocenters. The molecule has 2 aromatic carbocycles. The third-order valence-corrected chi connectivity index (χ3v) is 5.28. The smallest absolute Gasteiger partial charge is 0.317 e. The van der Waals surface area contributed by atoms with Crippen molar-refractivity contribution in [1.82, 2.24) is 15.5 Å². The van der Waals surface area contributed by atoms with Gasteiger partial charge in [-0.15, -0.1) is 0 Å². The molecule has 1 atom stereocenters. The Labute approximate surface area is 177 Å². The molecule has 1 aliphatic rings. The largest absolute Gasteiger partial charge is 0.493 e. The molecule has 2 N–H and O–H groups in total. The van der Waals surface area contributed by atoms with E-state index in [9.17, 15) is 9.59 Å². The molecule has 1 heterocycles. The topological polar surface area (TPSA) is 79.9 Å². The zero-order chi connectivity index (χ0) is 21.5. The number of fused-ring (bicyclic) bond motifs is 1.